The van der Waals surface area contributed by atoms with Crippen LogP contribution in [0.3, 0.4) is 0 Å². The Morgan fingerprint density at radius 3 is 0.805 bits per heavy atom. The number of esters is 1. The number of hydrogen-bond acceptors (Lipinski definition) is 14. The van der Waals surface area contributed by atoms with Gasteiger partial charge in [-0.2, -0.15) is 0 Å². The maximum absolute atomic E-state index is 12.2. The Labute approximate surface area is 489 Å². The molecule has 0 atom stereocenters. The molecule has 8 aromatic rings. The van der Waals surface area contributed by atoms with Crippen molar-refractivity contribution in [2.24, 2.45) is 0 Å². The van der Waals surface area contributed by atoms with E-state index in [-0.39, 0.29) is 93.2 Å². The van der Waals surface area contributed by atoms with Gasteiger partial charge in [-0.25, -0.2) is 4.79 Å². The second-order valence-electron chi connectivity index (χ2n) is 13.8. The van der Waals surface area contributed by atoms with Gasteiger partial charge in [0.1, 0.15) is 69.0 Å². The van der Waals surface area contributed by atoms with Crippen LogP contribution in [0.15, 0.2) is 194 Å². The molecular formula is C59H63Cl3NaO14-. The van der Waals surface area contributed by atoms with Gasteiger partial charge >= 0.3 is 46.4 Å². The zero-order valence-electron chi connectivity index (χ0n) is 42.0. The number of methoxy groups -OCH3 is 1. The van der Waals surface area contributed by atoms with E-state index in [0.29, 0.717) is 40.2 Å². The van der Waals surface area contributed by atoms with Crippen LogP contribution in [0, 0.1) is 7.43 Å². The SMILES string of the molecule is C.C.CC.CO.COc1ccc(Oc2ccc(OC(=O)Oc3ccc(-c4ccc(OC(C)=O)cc4)cc3)cc2)cc1.O=C(Cl)Cl.Oc1ccc(-c2ccc(O)cc2)cc1.Oc1ccc(Oc2ccc(O)cc2)cc1.[CH3-].[Cl-].[Na+]. The smallest absolute Gasteiger partial charge is 1.00 e. The van der Waals surface area contributed by atoms with Crippen LogP contribution in [-0.4, -0.2) is 56.6 Å². The number of ether oxygens (including phenoxy) is 6. The van der Waals surface area contributed by atoms with Crippen molar-refractivity contribution >= 4 is 40.0 Å². The molecule has 0 amide bonds. The molecule has 8 rings (SSSR count). The summed E-state index contributed by atoms with van der Waals surface area (Å²) in [5, 5.41) is 43.4. The molecule has 406 valence electrons. The third kappa shape index (κ3) is 28.9. The van der Waals surface area contributed by atoms with Gasteiger partial charge in [-0.3, -0.25) is 9.59 Å². The quantitative estimate of drug-likeness (QED) is 0.0216. The van der Waals surface area contributed by atoms with E-state index in [4.69, 9.17) is 58.7 Å². The topological polar surface area (TPSA) is 208 Å². The zero-order valence-corrected chi connectivity index (χ0v) is 46.3. The number of aliphatic hydroxyl groups is 1. The molecule has 0 unspecified atom stereocenters. The van der Waals surface area contributed by atoms with E-state index in [2.05, 4.69) is 23.2 Å². The first-order valence-electron chi connectivity index (χ1n) is 21.6. The number of hydrogen-bond donors (Lipinski definition) is 5. The Morgan fingerprint density at radius 2 is 0.558 bits per heavy atom. The van der Waals surface area contributed by atoms with E-state index in [1.165, 1.54) is 6.92 Å². The molecule has 0 saturated heterocycles. The molecule has 0 heterocycles. The van der Waals surface area contributed by atoms with Crippen molar-refractivity contribution in [2.45, 2.75) is 35.6 Å². The maximum atomic E-state index is 12.2. The number of halogens is 3. The summed E-state index contributed by atoms with van der Waals surface area (Å²) in [5.74, 6) is 4.95. The minimum absolute atomic E-state index is 0. The van der Waals surface area contributed by atoms with E-state index in [9.17, 15) is 9.59 Å². The summed E-state index contributed by atoms with van der Waals surface area (Å²) in [4.78, 5) is 32.2. The summed E-state index contributed by atoms with van der Waals surface area (Å²) in [6.07, 6.45) is -0.854. The maximum Gasteiger partial charge on any atom is 1.00 e. The molecule has 0 aromatic heterocycles. The standard InChI is InChI=1S/C28H22O7.C12H10O3.C12H10O2.C2H6.CCl2O.CH4O.2CH4.CH3.ClH.Na/c1-19(29)32-23-7-3-20(4-8-23)21-5-9-26(10-6-21)34-28(30)35-27-17-15-25(16-18-27)33-24-13-11-22(31-2)12-14-24;13-9-1-5-11(6-2-9)15-12-7-3-10(14)4-8-12;13-11-5-1-9(2-6-11)10-3-7-12(14)8-4-10;1-2;2-1(3)4;1-2;;;;;/h3-18H,1-2H3;1-8,13-14H;1-8,13-14H;1-2H3;;2H,1H3;2*1H4;1H3;1H;/q;;;;;;;;-1;;+1/p-1. The monoisotopic (exact) mass is 1120 g/mol. The fraction of sp³-hybridized carbons (Fsp3) is 0.119. The number of rotatable bonds is 10. The van der Waals surface area contributed by atoms with E-state index < -0.39 is 10.9 Å². The van der Waals surface area contributed by atoms with Crippen molar-refractivity contribution in [3.63, 3.8) is 0 Å². The average molecular weight is 1130 g/mol. The molecule has 0 radical (unpaired) electrons. The summed E-state index contributed by atoms with van der Waals surface area (Å²) in [6, 6.07) is 54.7. The van der Waals surface area contributed by atoms with Crippen LogP contribution in [-0.2, 0) is 4.79 Å². The summed E-state index contributed by atoms with van der Waals surface area (Å²) >= 11 is 8.80. The second-order valence-corrected chi connectivity index (χ2v) is 14.6. The number of phenolic OH excluding ortho intramolecular Hbond substituents is 4. The van der Waals surface area contributed by atoms with Gasteiger partial charge in [-0.15, -0.1) is 0 Å². The Kier molecular flexibility index (Phi) is 39.2. The van der Waals surface area contributed by atoms with Gasteiger partial charge < -0.3 is 73.8 Å². The molecule has 0 saturated carbocycles. The van der Waals surface area contributed by atoms with Crippen LogP contribution < -0.4 is 70.4 Å². The molecule has 0 fully saturated rings. The van der Waals surface area contributed by atoms with E-state index in [1.807, 2.05) is 62.4 Å². The number of aromatic hydroxyl groups is 4. The molecule has 0 aliphatic carbocycles. The van der Waals surface area contributed by atoms with Crippen molar-refractivity contribution in [1.29, 1.82) is 0 Å². The van der Waals surface area contributed by atoms with Crippen molar-refractivity contribution in [1.82, 2.24) is 0 Å². The van der Waals surface area contributed by atoms with Crippen molar-refractivity contribution in [3.8, 4) is 91.2 Å². The molecular weight excluding hydrogens is 1060 g/mol. The molecule has 0 spiro atoms. The predicted octanol–water partition coefficient (Wildman–Crippen LogP) is 10.3. The van der Waals surface area contributed by atoms with Gasteiger partial charge in [-0.05, 0) is 191 Å². The summed E-state index contributed by atoms with van der Waals surface area (Å²) in [6.45, 7) is 5.35. The van der Waals surface area contributed by atoms with Crippen molar-refractivity contribution < 1.29 is 110 Å². The van der Waals surface area contributed by atoms with Crippen LogP contribution in [0.4, 0.5) is 9.59 Å². The summed E-state index contributed by atoms with van der Waals surface area (Å²) in [7, 11) is 2.60. The van der Waals surface area contributed by atoms with Gasteiger partial charge in [-0.1, -0.05) is 77.2 Å². The molecule has 18 heteroatoms. The Balaban J connectivity index is -0.00000109. The number of carbonyl (C=O) groups is 3. The molecule has 0 aliphatic rings. The Morgan fingerprint density at radius 1 is 0.377 bits per heavy atom. The minimum atomic E-state index is -0.889. The molecule has 0 aliphatic heterocycles. The number of phenols is 4. The normalized spacial score (nSPS) is 8.88. The van der Waals surface area contributed by atoms with Gasteiger partial charge in [0, 0.05) is 14.0 Å². The number of benzene rings is 8. The van der Waals surface area contributed by atoms with Crippen LogP contribution in [0.5, 0.6) is 69.0 Å². The summed E-state index contributed by atoms with van der Waals surface area (Å²) < 4.78 is 31.0. The van der Waals surface area contributed by atoms with Crippen LogP contribution >= 0.6 is 23.2 Å². The molecule has 5 N–H and O–H groups in total. The first-order valence-corrected chi connectivity index (χ1v) is 22.3. The van der Waals surface area contributed by atoms with Gasteiger partial charge in [0.25, 0.3) is 0 Å². The van der Waals surface area contributed by atoms with Gasteiger partial charge in [0.2, 0.25) is 0 Å². The Hall–Kier alpha value is -7.40. The number of aliphatic hydroxyl groups excluding tert-OH is 1. The fourth-order valence-corrected chi connectivity index (χ4v) is 5.64. The number of carbonyl (C=O) groups excluding carboxylic acids is 3. The van der Waals surface area contributed by atoms with E-state index in [0.717, 1.165) is 35.1 Å². The summed E-state index contributed by atoms with van der Waals surface area (Å²) in [5.41, 5.74) is 3.87. The van der Waals surface area contributed by atoms with Crippen LogP contribution in [0.1, 0.15) is 35.6 Å². The largest absolute Gasteiger partial charge is 1.00 e. The third-order valence-electron chi connectivity index (χ3n) is 8.80. The van der Waals surface area contributed by atoms with E-state index >= 15 is 0 Å². The molecule has 14 nitrogen and oxygen atoms in total. The molecule has 77 heavy (non-hydrogen) atoms. The fourth-order valence-electron chi connectivity index (χ4n) is 5.64. The van der Waals surface area contributed by atoms with Crippen LogP contribution in [0.2, 0.25) is 0 Å². The van der Waals surface area contributed by atoms with Gasteiger partial charge in [0.15, 0.2) is 0 Å². The van der Waals surface area contributed by atoms with Crippen LogP contribution in [0.25, 0.3) is 22.3 Å². The Bertz CT molecular complexity index is 2730. The third-order valence-corrected chi connectivity index (χ3v) is 8.80. The van der Waals surface area contributed by atoms with Crippen molar-refractivity contribution in [3.05, 3.63) is 202 Å². The first-order chi connectivity index (χ1) is 34.7. The van der Waals surface area contributed by atoms with E-state index in [1.54, 1.807) is 153 Å². The molecule has 0 bridgehead atoms. The zero-order chi connectivity index (χ0) is 52.8. The first kappa shape index (κ1) is 73.8. The molecule has 8 aromatic carbocycles. The van der Waals surface area contributed by atoms with Crippen molar-refractivity contribution in [2.75, 3.05) is 14.2 Å². The second kappa shape index (κ2) is 40.9. The average Bonchev–Trinajstić information content (AvgIpc) is 3.38. The predicted molar refractivity (Wildman–Crippen MR) is 297 cm³/mol. The minimum Gasteiger partial charge on any atom is -1.00 e. The van der Waals surface area contributed by atoms with Gasteiger partial charge in [0.05, 0.1) is 7.11 Å².